The van der Waals surface area contributed by atoms with Crippen LogP contribution < -0.4 is 0 Å². The predicted octanol–water partition coefficient (Wildman–Crippen LogP) is 3.91. The van der Waals surface area contributed by atoms with Gasteiger partial charge in [0.15, 0.2) is 0 Å². The Bertz CT molecular complexity index is 790. The summed E-state index contributed by atoms with van der Waals surface area (Å²) in [5.41, 5.74) is 3.60. The molecule has 0 N–H and O–H groups in total. The Morgan fingerprint density at radius 2 is 1.96 bits per heavy atom. The predicted molar refractivity (Wildman–Crippen MR) is 94.2 cm³/mol. The van der Waals surface area contributed by atoms with Crippen molar-refractivity contribution in [3.63, 3.8) is 0 Å². The standard InChI is InChI=1S/C18H22FN3S/c1-22(2)18-10-9-16(23(18,3)4)13-11-15(20-21-17(13)18)12-7-5-6-8-14(12)19/h5-8,11,16H,9-10H2,1-4H3. The Labute approximate surface area is 138 Å². The summed E-state index contributed by atoms with van der Waals surface area (Å²) in [5, 5.41) is 9.54. The molecule has 1 aromatic carbocycles. The third-order valence-corrected chi connectivity index (χ3v) is 10.2. The molecule has 23 heavy (non-hydrogen) atoms. The Kier molecular flexibility index (Phi) is 3.13. The van der Waals surface area contributed by atoms with Crippen molar-refractivity contribution in [3.05, 3.63) is 47.4 Å². The molecule has 1 saturated heterocycles. The van der Waals surface area contributed by atoms with Gasteiger partial charge in [-0.15, -0.1) is 0 Å². The SMILES string of the molecule is CN(C)C12CCC(c3cc(-c4ccccc4F)nnc31)S2(C)C. The van der Waals surface area contributed by atoms with Gasteiger partial charge in [-0.25, -0.2) is 14.4 Å². The van der Waals surface area contributed by atoms with Crippen LogP contribution in [0.4, 0.5) is 4.39 Å². The number of nitrogens with zero attached hydrogens (tertiary/aromatic N) is 3. The van der Waals surface area contributed by atoms with E-state index in [1.165, 1.54) is 18.1 Å². The molecular weight excluding hydrogens is 309 g/mol. The highest BCUT2D eigenvalue weighted by atomic mass is 32.3. The van der Waals surface area contributed by atoms with E-state index in [1.54, 1.807) is 12.1 Å². The summed E-state index contributed by atoms with van der Waals surface area (Å²) in [6.07, 6.45) is 7.16. The molecule has 2 aliphatic rings. The molecule has 0 radical (unpaired) electrons. The van der Waals surface area contributed by atoms with Crippen molar-refractivity contribution in [1.82, 2.24) is 15.1 Å². The molecule has 1 fully saturated rings. The lowest BCUT2D eigenvalue weighted by molar-refractivity contribution is 0.235. The minimum Gasteiger partial charge on any atom is -0.291 e. The molecule has 0 spiro atoms. The fraction of sp³-hybridized carbons (Fsp3) is 0.444. The molecule has 3 heterocycles. The molecule has 1 aromatic heterocycles. The molecule has 0 amide bonds. The van der Waals surface area contributed by atoms with E-state index in [2.05, 4.69) is 47.8 Å². The van der Waals surface area contributed by atoms with Crippen LogP contribution in [0.1, 0.15) is 29.3 Å². The minimum atomic E-state index is -0.892. The Hall–Kier alpha value is -1.46. The van der Waals surface area contributed by atoms with Crippen molar-refractivity contribution < 1.29 is 4.39 Å². The van der Waals surface area contributed by atoms with E-state index in [4.69, 9.17) is 0 Å². The van der Waals surface area contributed by atoms with E-state index in [1.807, 2.05) is 6.07 Å². The Morgan fingerprint density at radius 1 is 1.22 bits per heavy atom. The first-order chi connectivity index (χ1) is 10.9. The maximum Gasteiger partial charge on any atom is 0.132 e. The van der Waals surface area contributed by atoms with Crippen LogP contribution in [0, 0.1) is 5.82 Å². The number of rotatable bonds is 2. The van der Waals surface area contributed by atoms with Crippen LogP contribution in [0.15, 0.2) is 30.3 Å². The highest BCUT2D eigenvalue weighted by molar-refractivity contribution is 8.33. The largest absolute Gasteiger partial charge is 0.291 e. The lowest BCUT2D eigenvalue weighted by Crippen LogP contribution is -2.41. The molecule has 2 unspecified atom stereocenters. The van der Waals surface area contributed by atoms with Crippen molar-refractivity contribution in [3.8, 4) is 11.3 Å². The van der Waals surface area contributed by atoms with Gasteiger partial charge in [-0.05, 0) is 63.2 Å². The summed E-state index contributed by atoms with van der Waals surface area (Å²) in [7, 11) is 3.41. The van der Waals surface area contributed by atoms with Crippen molar-refractivity contribution in [1.29, 1.82) is 0 Å². The van der Waals surface area contributed by atoms with Gasteiger partial charge < -0.3 is 0 Å². The van der Waals surface area contributed by atoms with Gasteiger partial charge in [0.1, 0.15) is 5.82 Å². The van der Waals surface area contributed by atoms with Crippen LogP contribution >= 0.6 is 10.0 Å². The van der Waals surface area contributed by atoms with Crippen molar-refractivity contribution in [2.45, 2.75) is 23.0 Å². The van der Waals surface area contributed by atoms with Gasteiger partial charge in [0, 0.05) is 10.8 Å². The van der Waals surface area contributed by atoms with Gasteiger partial charge in [-0.3, -0.25) is 4.90 Å². The van der Waals surface area contributed by atoms with Crippen LogP contribution in [0.2, 0.25) is 0 Å². The van der Waals surface area contributed by atoms with Crippen LogP contribution in [-0.4, -0.2) is 41.7 Å². The molecule has 2 aromatic rings. The fourth-order valence-electron chi connectivity index (χ4n) is 4.62. The Morgan fingerprint density at radius 3 is 2.65 bits per heavy atom. The molecule has 122 valence electrons. The molecule has 3 nitrogen and oxygen atoms in total. The number of halogens is 1. The highest BCUT2D eigenvalue weighted by Crippen LogP contribution is 2.81. The normalized spacial score (nSPS) is 28.9. The Balaban J connectivity index is 1.91. The molecule has 0 aliphatic carbocycles. The third-order valence-electron chi connectivity index (χ3n) is 5.74. The van der Waals surface area contributed by atoms with Gasteiger partial charge in [-0.2, -0.15) is 10.2 Å². The van der Waals surface area contributed by atoms with E-state index in [-0.39, 0.29) is 10.7 Å². The van der Waals surface area contributed by atoms with Crippen LogP contribution in [0.25, 0.3) is 11.3 Å². The lowest BCUT2D eigenvalue weighted by Gasteiger charge is -2.47. The average Bonchev–Trinajstić information content (AvgIpc) is 2.90. The van der Waals surface area contributed by atoms with Crippen LogP contribution in [0.3, 0.4) is 0 Å². The van der Waals surface area contributed by atoms with Gasteiger partial charge in [0.2, 0.25) is 0 Å². The smallest absolute Gasteiger partial charge is 0.132 e. The fourth-order valence-corrected chi connectivity index (χ4v) is 8.86. The first kappa shape index (κ1) is 15.1. The maximum absolute atomic E-state index is 14.1. The molecule has 5 heteroatoms. The second-order valence-corrected chi connectivity index (χ2v) is 11.2. The second kappa shape index (κ2) is 4.77. The zero-order valence-corrected chi connectivity index (χ0v) is 14.8. The second-order valence-electron chi connectivity index (χ2n) is 7.13. The number of aromatic nitrogens is 2. The monoisotopic (exact) mass is 331 g/mol. The topological polar surface area (TPSA) is 29.0 Å². The number of hydrogen-bond donors (Lipinski definition) is 0. The first-order valence-electron chi connectivity index (χ1n) is 7.92. The summed E-state index contributed by atoms with van der Waals surface area (Å²) >= 11 is 0. The quantitative estimate of drug-likeness (QED) is 0.835. The molecule has 2 atom stereocenters. The molecule has 2 aliphatic heterocycles. The van der Waals surface area contributed by atoms with Gasteiger partial charge in [0.25, 0.3) is 0 Å². The van der Waals surface area contributed by atoms with E-state index in [9.17, 15) is 4.39 Å². The van der Waals surface area contributed by atoms with E-state index < -0.39 is 10.0 Å². The van der Waals surface area contributed by atoms with Gasteiger partial charge in [0.05, 0.1) is 16.3 Å². The minimum absolute atomic E-state index is 0.0216. The van der Waals surface area contributed by atoms with Gasteiger partial charge >= 0.3 is 0 Å². The molecular formula is C18H22FN3S. The summed E-state index contributed by atoms with van der Waals surface area (Å²) in [4.78, 5) is 2.36. The van der Waals surface area contributed by atoms with E-state index in [0.717, 1.165) is 12.1 Å². The lowest BCUT2D eigenvalue weighted by atomic mass is 9.91. The van der Waals surface area contributed by atoms with Crippen molar-refractivity contribution in [2.75, 3.05) is 26.6 Å². The number of hydrogen-bond acceptors (Lipinski definition) is 3. The summed E-state index contributed by atoms with van der Waals surface area (Å²) < 4.78 is 14.1. The number of benzene rings is 1. The highest BCUT2D eigenvalue weighted by Gasteiger charge is 2.62. The van der Waals surface area contributed by atoms with Gasteiger partial charge in [-0.1, -0.05) is 12.1 Å². The van der Waals surface area contributed by atoms with Crippen LogP contribution in [0.5, 0.6) is 0 Å². The summed E-state index contributed by atoms with van der Waals surface area (Å²) in [6, 6.07) is 8.89. The van der Waals surface area contributed by atoms with E-state index in [0.29, 0.717) is 16.5 Å². The number of fused-ring (bicyclic) bond motifs is 5. The molecule has 0 saturated carbocycles. The maximum atomic E-state index is 14.1. The van der Waals surface area contributed by atoms with Crippen molar-refractivity contribution in [2.24, 2.45) is 0 Å². The summed E-state index contributed by atoms with van der Waals surface area (Å²) in [5.74, 6) is -0.237. The zero-order valence-electron chi connectivity index (χ0n) is 14.0. The van der Waals surface area contributed by atoms with Crippen molar-refractivity contribution >= 4 is 10.0 Å². The third kappa shape index (κ3) is 1.75. The first-order valence-corrected chi connectivity index (χ1v) is 10.4. The molecule has 2 bridgehead atoms. The molecule has 4 rings (SSSR count). The average molecular weight is 331 g/mol. The summed E-state index contributed by atoms with van der Waals surface area (Å²) in [6.45, 7) is 0. The van der Waals surface area contributed by atoms with Crippen LogP contribution in [-0.2, 0) is 4.87 Å². The zero-order chi connectivity index (χ0) is 16.4. The van der Waals surface area contributed by atoms with E-state index >= 15 is 0 Å².